The summed E-state index contributed by atoms with van der Waals surface area (Å²) in [5, 5.41) is 3.18. The van der Waals surface area contributed by atoms with Crippen LogP contribution in [0.1, 0.15) is 25.6 Å². The van der Waals surface area contributed by atoms with Gasteiger partial charge in [0.05, 0.1) is 12.6 Å². The van der Waals surface area contributed by atoms with Crippen molar-refractivity contribution in [1.29, 1.82) is 0 Å². The van der Waals surface area contributed by atoms with Crippen LogP contribution in [-0.2, 0) is 11.3 Å². The second kappa shape index (κ2) is 5.12. The highest BCUT2D eigenvalue weighted by Crippen LogP contribution is 2.09. The molecular weight excluding hydrogens is 204 g/mol. The molecule has 1 aromatic heterocycles. The number of rotatable bonds is 4. The van der Waals surface area contributed by atoms with Crippen molar-refractivity contribution < 1.29 is 4.79 Å². The SMILES string of the molecule is CC(NCc1ncc[nH]1)C(=O)N1CCCC1. The van der Waals surface area contributed by atoms with Crippen molar-refractivity contribution in [3.05, 3.63) is 18.2 Å². The van der Waals surface area contributed by atoms with E-state index < -0.39 is 0 Å². The Balaban J connectivity index is 1.78. The van der Waals surface area contributed by atoms with Gasteiger partial charge in [-0.1, -0.05) is 0 Å². The van der Waals surface area contributed by atoms with Crippen molar-refractivity contribution in [2.24, 2.45) is 0 Å². The van der Waals surface area contributed by atoms with Crippen molar-refractivity contribution in [3.8, 4) is 0 Å². The number of carbonyl (C=O) groups excluding carboxylic acids is 1. The van der Waals surface area contributed by atoms with Crippen LogP contribution in [0.3, 0.4) is 0 Å². The number of hydrogen-bond donors (Lipinski definition) is 2. The first-order valence-electron chi connectivity index (χ1n) is 5.78. The third kappa shape index (κ3) is 2.61. The summed E-state index contributed by atoms with van der Waals surface area (Å²) in [5.41, 5.74) is 0. The maximum absolute atomic E-state index is 11.9. The number of H-pyrrole nitrogens is 1. The number of carbonyl (C=O) groups is 1. The van der Waals surface area contributed by atoms with Crippen LogP contribution >= 0.6 is 0 Å². The fourth-order valence-corrected chi connectivity index (χ4v) is 1.94. The van der Waals surface area contributed by atoms with Crippen LogP contribution in [0.4, 0.5) is 0 Å². The number of aromatic amines is 1. The van der Waals surface area contributed by atoms with Crippen LogP contribution in [0.25, 0.3) is 0 Å². The van der Waals surface area contributed by atoms with Crippen LogP contribution in [0.2, 0.25) is 0 Å². The maximum atomic E-state index is 11.9. The van der Waals surface area contributed by atoms with E-state index in [9.17, 15) is 4.79 Å². The number of amides is 1. The van der Waals surface area contributed by atoms with E-state index in [2.05, 4.69) is 15.3 Å². The monoisotopic (exact) mass is 222 g/mol. The molecule has 16 heavy (non-hydrogen) atoms. The Morgan fingerprint density at radius 2 is 2.38 bits per heavy atom. The van der Waals surface area contributed by atoms with Gasteiger partial charge in [-0.15, -0.1) is 0 Å². The van der Waals surface area contributed by atoms with E-state index in [1.165, 1.54) is 0 Å². The molecule has 1 aromatic rings. The van der Waals surface area contributed by atoms with Gasteiger partial charge in [0.15, 0.2) is 0 Å². The number of nitrogens with one attached hydrogen (secondary N) is 2. The summed E-state index contributed by atoms with van der Waals surface area (Å²) in [6.07, 6.45) is 5.77. The topological polar surface area (TPSA) is 61.0 Å². The molecule has 1 unspecified atom stereocenters. The highest BCUT2D eigenvalue weighted by Gasteiger charge is 2.22. The van der Waals surface area contributed by atoms with E-state index in [-0.39, 0.29) is 11.9 Å². The van der Waals surface area contributed by atoms with Crippen molar-refractivity contribution in [2.75, 3.05) is 13.1 Å². The smallest absolute Gasteiger partial charge is 0.239 e. The van der Waals surface area contributed by atoms with Gasteiger partial charge in [-0.3, -0.25) is 10.1 Å². The molecule has 1 aliphatic rings. The van der Waals surface area contributed by atoms with Crippen molar-refractivity contribution in [1.82, 2.24) is 20.2 Å². The second-order valence-electron chi connectivity index (χ2n) is 4.17. The summed E-state index contributed by atoms with van der Waals surface area (Å²) < 4.78 is 0. The predicted molar refractivity (Wildman–Crippen MR) is 60.7 cm³/mol. The molecule has 2 N–H and O–H groups in total. The summed E-state index contributed by atoms with van der Waals surface area (Å²) >= 11 is 0. The van der Waals surface area contributed by atoms with Gasteiger partial charge < -0.3 is 9.88 Å². The molecule has 2 heterocycles. The van der Waals surface area contributed by atoms with Crippen LogP contribution < -0.4 is 5.32 Å². The fourth-order valence-electron chi connectivity index (χ4n) is 1.94. The van der Waals surface area contributed by atoms with Crippen molar-refractivity contribution in [2.45, 2.75) is 32.4 Å². The first-order chi connectivity index (χ1) is 7.77. The number of nitrogens with zero attached hydrogens (tertiary/aromatic N) is 2. The minimum absolute atomic E-state index is 0.136. The second-order valence-corrected chi connectivity index (χ2v) is 4.17. The molecule has 2 rings (SSSR count). The van der Waals surface area contributed by atoms with Gasteiger partial charge in [0, 0.05) is 25.5 Å². The molecule has 0 radical (unpaired) electrons. The number of hydrogen-bond acceptors (Lipinski definition) is 3. The van der Waals surface area contributed by atoms with Crippen molar-refractivity contribution in [3.63, 3.8) is 0 Å². The van der Waals surface area contributed by atoms with E-state index >= 15 is 0 Å². The van der Waals surface area contributed by atoms with Crippen molar-refractivity contribution >= 4 is 5.91 Å². The molecule has 0 bridgehead atoms. The third-order valence-corrected chi connectivity index (χ3v) is 2.92. The molecule has 0 saturated carbocycles. The normalized spacial score (nSPS) is 17.7. The van der Waals surface area contributed by atoms with E-state index in [0.717, 1.165) is 31.8 Å². The van der Waals surface area contributed by atoms with Gasteiger partial charge in [0.1, 0.15) is 5.82 Å². The molecule has 1 aliphatic heterocycles. The zero-order chi connectivity index (χ0) is 11.4. The lowest BCUT2D eigenvalue weighted by Crippen LogP contribution is -2.43. The Labute approximate surface area is 95.2 Å². The van der Waals surface area contributed by atoms with Gasteiger partial charge in [-0.2, -0.15) is 0 Å². The van der Waals surface area contributed by atoms with Gasteiger partial charge >= 0.3 is 0 Å². The molecule has 1 atom stereocenters. The Morgan fingerprint density at radius 1 is 1.62 bits per heavy atom. The third-order valence-electron chi connectivity index (χ3n) is 2.92. The number of imidazole rings is 1. The number of aromatic nitrogens is 2. The molecule has 0 spiro atoms. The Hall–Kier alpha value is -1.36. The van der Waals surface area contributed by atoms with E-state index in [0.29, 0.717) is 6.54 Å². The molecule has 5 nitrogen and oxygen atoms in total. The number of likely N-dealkylation sites (tertiary alicyclic amines) is 1. The van der Waals surface area contributed by atoms with Crippen LogP contribution in [0.15, 0.2) is 12.4 Å². The summed E-state index contributed by atoms with van der Waals surface area (Å²) in [5.74, 6) is 1.06. The van der Waals surface area contributed by atoms with E-state index in [1.54, 1.807) is 12.4 Å². The zero-order valence-corrected chi connectivity index (χ0v) is 9.57. The van der Waals surface area contributed by atoms with Gasteiger partial charge in [-0.05, 0) is 19.8 Å². The molecule has 0 aromatic carbocycles. The van der Waals surface area contributed by atoms with Gasteiger partial charge in [0.25, 0.3) is 0 Å². The van der Waals surface area contributed by atoms with Gasteiger partial charge in [0.2, 0.25) is 5.91 Å². The summed E-state index contributed by atoms with van der Waals surface area (Å²) in [6, 6.07) is -0.136. The highest BCUT2D eigenvalue weighted by atomic mass is 16.2. The summed E-state index contributed by atoms with van der Waals surface area (Å²) in [7, 11) is 0. The quantitative estimate of drug-likeness (QED) is 0.780. The molecule has 1 fully saturated rings. The molecule has 5 heteroatoms. The first kappa shape index (κ1) is 11.1. The lowest BCUT2D eigenvalue weighted by atomic mass is 10.3. The highest BCUT2D eigenvalue weighted by molar-refractivity contribution is 5.81. The summed E-state index contributed by atoms with van der Waals surface area (Å²) in [4.78, 5) is 21.0. The predicted octanol–water partition coefficient (Wildman–Crippen LogP) is 0.510. The van der Waals surface area contributed by atoms with Crippen LogP contribution in [-0.4, -0.2) is 39.9 Å². The minimum Gasteiger partial charge on any atom is -0.348 e. The van der Waals surface area contributed by atoms with E-state index in [1.807, 2.05) is 11.8 Å². The first-order valence-corrected chi connectivity index (χ1v) is 5.78. The molecule has 1 saturated heterocycles. The maximum Gasteiger partial charge on any atom is 0.239 e. The average molecular weight is 222 g/mol. The Kier molecular flexibility index (Phi) is 3.56. The molecule has 88 valence electrons. The lowest BCUT2D eigenvalue weighted by molar-refractivity contribution is -0.131. The molecule has 0 aliphatic carbocycles. The zero-order valence-electron chi connectivity index (χ0n) is 9.57. The van der Waals surface area contributed by atoms with Crippen LogP contribution in [0.5, 0.6) is 0 Å². The van der Waals surface area contributed by atoms with Gasteiger partial charge in [-0.25, -0.2) is 4.98 Å². The average Bonchev–Trinajstić information content (AvgIpc) is 2.96. The largest absolute Gasteiger partial charge is 0.348 e. The fraction of sp³-hybridized carbons (Fsp3) is 0.636. The molecule has 1 amide bonds. The standard InChI is InChI=1S/C11H18N4O/c1-9(11(16)15-6-2-3-7-15)14-8-10-12-4-5-13-10/h4-5,9,14H,2-3,6-8H2,1H3,(H,12,13). The van der Waals surface area contributed by atoms with E-state index in [4.69, 9.17) is 0 Å². The lowest BCUT2D eigenvalue weighted by Gasteiger charge is -2.20. The Morgan fingerprint density at radius 3 is 3.00 bits per heavy atom. The van der Waals surface area contributed by atoms with Crippen LogP contribution in [0, 0.1) is 0 Å². The summed E-state index contributed by atoms with van der Waals surface area (Å²) in [6.45, 7) is 4.33. The Bertz CT molecular complexity index is 330. The molecular formula is C11H18N4O. The minimum atomic E-state index is -0.136.